The minimum absolute atomic E-state index is 1.15. The first kappa shape index (κ1) is 86.7. The van der Waals surface area contributed by atoms with Crippen molar-refractivity contribution in [1.29, 1.82) is 0 Å². The van der Waals surface area contributed by atoms with Crippen molar-refractivity contribution in [2.24, 2.45) is 0 Å². The van der Waals surface area contributed by atoms with E-state index in [1.54, 1.807) is 0 Å². The van der Waals surface area contributed by atoms with Crippen LogP contribution >= 0.6 is 0 Å². The van der Waals surface area contributed by atoms with E-state index in [0.717, 1.165) is 11.4 Å². The zero-order valence-electron chi connectivity index (χ0n) is 82.0. The minimum atomic E-state index is 1.15. The molecule has 0 aliphatic rings. The van der Waals surface area contributed by atoms with Crippen LogP contribution in [-0.2, 0) is 0 Å². The predicted octanol–water partition coefficient (Wildman–Crippen LogP) is 38.8. The Balaban J connectivity index is 0.000000106. The van der Waals surface area contributed by atoms with Crippen molar-refractivity contribution in [2.75, 3.05) is 0 Å². The lowest BCUT2D eigenvalue weighted by Gasteiger charge is -2.14. The second-order valence-corrected chi connectivity index (χ2v) is 39.3. The van der Waals surface area contributed by atoms with Crippen LogP contribution in [0.25, 0.3) is 275 Å². The van der Waals surface area contributed by atoms with Crippen molar-refractivity contribution >= 4 is 163 Å². The van der Waals surface area contributed by atoms with Gasteiger partial charge in [-0.2, -0.15) is 0 Å². The molecule has 150 heavy (non-hydrogen) atoms. The van der Waals surface area contributed by atoms with Crippen LogP contribution in [-0.4, -0.2) is 27.4 Å². The molecule has 31 rings (SSSR count). The van der Waals surface area contributed by atoms with Gasteiger partial charge < -0.3 is 27.4 Å². The summed E-state index contributed by atoms with van der Waals surface area (Å²) in [5.74, 6) is 0. The van der Waals surface area contributed by atoms with Gasteiger partial charge in [0.25, 0.3) is 0 Å². The Kier molecular flexibility index (Phi) is 20.9. The molecule has 6 heterocycles. The number of para-hydroxylation sites is 7. The van der Waals surface area contributed by atoms with Gasteiger partial charge in [0, 0.05) is 97.7 Å². The van der Waals surface area contributed by atoms with E-state index in [1.165, 1.54) is 264 Å². The highest BCUT2D eigenvalue weighted by molar-refractivity contribution is 6.19. The fourth-order valence-electron chi connectivity index (χ4n) is 24.0. The molecule has 0 amide bonds. The number of rotatable bonds is 13. The molecule has 0 atom stereocenters. The summed E-state index contributed by atoms with van der Waals surface area (Å²) < 4.78 is 14.5. The van der Waals surface area contributed by atoms with Crippen molar-refractivity contribution in [2.45, 2.75) is 0 Å². The monoisotopic (exact) mass is 1910 g/mol. The molecule has 0 saturated carbocycles. The third-order valence-electron chi connectivity index (χ3n) is 31.0. The van der Waals surface area contributed by atoms with Gasteiger partial charge >= 0.3 is 0 Å². The van der Waals surface area contributed by atoms with Gasteiger partial charge in [-0.05, 0) is 246 Å². The molecular formula is C144H94N6. The number of nitrogens with zero attached hydrogens (tertiary/aromatic N) is 6. The van der Waals surface area contributed by atoms with E-state index in [4.69, 9.17) is 0 Å². The Morgan fingerprint density at radius 2 is 0.293 bits per heavy atom. The van der Waals surface area contributed by atoms with Gasteiger partial charge in [0.2, 0.25) is 0 Å². The molecule has 25 aromatic carbocycles. The normalized spacial score (nSPS) is 11.7. The summed E-state index contributed by atoms with van der Waals surface area (Å²) in [7, 11) is 0. The quantitative estimate of drug-likeness (QED) is 0.110. The van der Waals surface area contributed by atoms with Crippen LogP contribution < -0.4 is 0 Å². The van der Waals surface area contributed by atoms with Crippen molar-refractivity contribution in [3.8, 4) is 112 Å². The molecule has 0 N–H and O–H groups in total. The lowest BCUT2D eigenvalue weighted by molar-refractivity contribution is 1.18. The van der Waals surface area contributed by atoms with Gasteiger partial charge in [-0.1, -0.05) is 413 Å². The van der Waals surface area contributed by atoms with Crippen molar-refractivity contribution in [1.82, 2.24) is 27.4 Å². The summed E-state index contributed by atoms with van der Waals surface area (Å²) in [5.41, 5.74) is 38.7. The summed E-state index contributed by atoms with van der Waals surface area (Å²) in [5, 5.41) is 22.6. The van der Waals surface area contributed by atoms with E-state index in [0.29, 0.717) is 0 Å². The van der Waals surface area contributed by atoms with Crippen LogP contribution in [0.5, 0.6) is 0 Å². The second kappa shape index (κ2) is 36.1. The molecule has 6 nitrogen and oxygen atoms in total. The molecule has 0 aliphatic heterocycles. The largest absolute Gasteiger partial charge is 0.309 e. The lowest BCUT2D eigenvalue weighted by Crippen LogP contribution is -1.97. The van der Waals surface area contributed by atoms with Gasteiger partial charge in [0.1, 0.15) is 0 Å². The van der Waals surface area contributed by atoms with E-state index in [1.807, 2.05) is 0 Å². The average Bonchev–Trinajstić information content (AvgIpc) is 1.58. The van der Waals surface area contributed by atoms with E-state index in [2.05, 4.69) is 598 Å². The minimum Gasteiger partial charge on any atom is -0.309 e. The number of benzene rings is 25. The van der Waals surface area contributed by atoms with E-state index >= 15 is 0 Å². The fourth-order valence-corrected chi connectivity index (χ4v) is 24.0. The number of hydrogen-bond donors (Lipinski definition) is 0. The van der Waals surface area contributed by atoms with Crippen LogP contribution in [0.3, 0.4) is 0 Å². The summed E-state index contributed by atoms with van der Waals surface area (Å²) in [4.78, 5) is 0. The van der Waals surface area contributed by atoms with E-state index in [-0.39, 0.29) is 0 Å². The Bertz CT molecular complexity index is 10800. The van der Waals surface area contributed by atoms with Crippen LogP contribution in [0.1, 0.15) is 0 Å². The van der Waals surface area contributed by atoms with Crippen LogP contribution in [0.2, 0.25) is 0 Å². The maximum absolute atomic E-state index is 2.43. The highest BCUT2D eigenvalue weighted by atomic mass is 15.0. The molecule has 0 fully saturated rings. The molecule has 0 unspecified atom stereocenters. The Morgan fingerprint density at radius 3 is 0.633 bits per heavy atom. The summed E-state index contributed by atoms with van der Waals surface area (Å²) >= 11 is 0. The molecule has 0 spiro atoms. The zero-order chi connectivity index (χ0) is 98.8. The first-order chi connectivity index (χ1) is 74.4. The SMILES string of the molecule is c1ccc(-c2ccc(-c3ccc(-n4c5ccccc5c5cc(-c6ccc7c(c6)c6ccccc6n7-c6cccc7ccccc67)ccc54)cc3)cc2)cc1.c1ccc(-c2cccc(-n3c4ccccc4c4cc(-c5ccc6c(c5)c5ccccc5n6-c5cccc6ccccc56)ccc43)c2)cc1.c1ccc(-c2ccccc2-n2c3ccccc3c3cc(-c4ccc5c(c4)c4ccccc4n5-c4cccc5ccccc45)ccc32)cc1. The predicted molar refractivity (Wildman–Crippen MR) is 636 cm³/mol. The average molecular weight is 1910 g/mol. The maximum Gasteiger partial charge on any atom is 0.0541 e. The number of fused-ring (bicyclic) bond motifs is 21. The molecule has 31 aromatic rings. The number of aromatic nitrogens is 6. The summed E-state index contributed by atoms with van der Waals surface area (Å²) in [6.07, 6.45) is 0. The first-order valence-corrected chi connectivity index (χ1v) is 51.7. The highest BCUT2D eigenvalue weighted by Crippen LogP contribution is 2.47. The Hall–Kier alpha value is -19.9. The second-order valence-electron chi connectivity index (χ2n) is 39.3. The van der Waals surface area contributed by atoms with Crippen LogP contribution in [0, 0.1) is 0 Å². The standard InChI is InChI=1S/C52H34N2.2C46H30N2/c1-2-11-35(12-3-1)36-21-23-37(24-22-36)38-25-29-42(30-26-38)53-49-18-8-6-16-44(49)46-33-40(27-31-51(46)53)41-28-32-52-47(34-41)45-17-7-9-19-50(45)54(52)48-20-10-14-39-13-4-5-15-43(39)48;1-2-13-31(14-3-1)35-18-6-9-21-41(35)47-43-22-10-7-19-37(43)39-29-33(25-27-45(39)47)34-26-28-46-40(30-34)38-20-8-11-23-44(38)48(46)42-24-12-16-32-15-4-5-17-36(32)42;1-2-12-31(13-3-1)33-16-10-17-36(28-33)47-43-21-8-6-19-38(43)40-29-34(24-26-45(40)47)35-25-27-46-41(30-35)39-20-7-9-22-44(39)48(46)42-23-11-15-32-14-4-5-18-37(32)42/h1-34H;2*1-30H. The third-order valence-corrected chi connectivity index (χ3v) is 31.0. The molecule has 0 radical (unpaired) electrons. The summed E-state index contributed by atoms with van der Waals surface area (Å²) in [6.45, 7) is 0. The molecular weight excluding hydrogens is 1810 g/mol. The van der Waals surface area contributed by atoms with Gasteiger partial charge in [0.15, 0.2) is 0 Å². The molecule has 6 aromatic heterocycles. The molecule has 0 saturated heterocycles. The fraction of sp³-hybridized carbons (Fsp3) is 0. The van der Waals surface area contributed by atoms with Gasteiger partial charge in [-0.15, -0.1) is 0 Å². The van der Waals surface area contributed by atoms with E-state index < -0.39 is 0 Å². The maximum atomic E-state index is 2.43. The topological polar surface area (TPSA) is 29.6 Å². The molecule has 0 bridgehead atoms. The van der Waals surface area contributed by atoms with Crippen LogP contribution in [0.15, 0.2) is 570 Å². The third kappa shape index (κ3) is 14.6. The van der Waals surface area contributed by atoms with Gasteiger partial charge in [-0.25, -0.2) is 0 Å². The first-order valence-electron chi connectivity index (χ1n) is 51.7. The van der Waals surface area contributed by atoms with E-state index in [9.17, 15) is 0 Å². The Labute approximate surface area is 866 Å². The zero-order valence-corrected chi connectivity index (χ0v) is 82.0. The van der Waals surface area contributed by atoms with Crippen molar-refractivity contribution in [3.05, 3.63) is 570 Å². The highest BCUT2D eigenvalue weighted by Gasteiger charge is 2.25. The lowest BCUT2D eigenvalue weighted by atomic mass is 10.00. The van der Waals surface area contributed by atoms with Crippen molar-refractivity contribution in [3.63, 3.8) is 0 Å². The smallest absolute Gasteiger partial charge is 0.0541 e. The Morgan fingerprint density at radius 1 is 0.0933 bits per heavy atom. The molecule has 0 aliphatic carbocycles. The van der Waals surface area contributed by atoms with Crippen molar-refractivity contribution < 1.29 is 0 Å². The summed E-state index contributed by atoms with van der Waals surface area (Å²) in [6, 6.07) is 208. The van der Waals surface area contributed by atoms with Gasteiger partial charge in [0.05, 0.1) is 88.9 Å². The molecule has 700 valence electrons. The van der Waals surface area contributed by atoms with Gasteiger partial charge in [-0.3, -0.25) is 0 Å². The molecule has 6 heteroatoms. The van der Waals surface area contributed by atoms with Crippen LogP contribution in [0.4, 0.5) is 0 Å². The number of hydrogen-bond acceptors (Lipinski definition) is 0.